The zero-order valence-corrected chi connectivity index (χ0v) is 64.7. The van der Waals surface area contributed by atoms with Crippen LogP contribution < -0.4 is 5.32 Å². The van der Waals surface area contributed by atoms with Gasteiger partial charge in [-0.2, -0.15) is 0 Å². The molecule has 9 N–H and O–H groups in total. The molecule has 0 spiro atoms. The molecule has 14 heteroatoms. The summed E-state index contributed by atoms with van der Waals surface area (Å²) in [6.45, 7) is 2.84. The SMILES string of the molecule is CCCCCCC/C=C\C/C=C\CCCCCCCCCCCCCCCCCCCCCCCCCCCCCCCC(=O)NC(COC1OC(CO)C(OC2OC(CO)C(O)C(O)C2O)C(O)C1O)C(O)/C=C/CC/C=C/CCCCCCCCCCCCCCCCCCCCC. The van der Waals surface area contributed by atoms with Crippen LogP contribution in [0.1, 0.15) is 399 Å². The van der Waals surface area contributed by atoms with Crippen molar-refractivity contribution in [3.63, 3.8) is 0 Å². The highest BCUT2D eigenvalue weighted by Crippen LogP contribution is 2.30. The fourth-order valence-electron chi connectivity index (χ4n) is 14.2. The summed E-state index contributed by atoms with van der Waals surface area (Å²) < 4.78 is 22.9. The molecule has 0 aromatic rings. The molecule has 0 aromatic carbocycles. The summed E-state index contributed by atoms with van der Waals surface area (Å²) in [5, 5.41) is 87.7. The third-order valence-electron chi connectivity index (χ3n) is 21.0. The number of ether oxygens (including phenoxy) is 4. The Morgan fingerprint density at radius 3 is 1.04 bits per heavy atom. The maximum atomic E-state index is 13.4. The predicted octanol–water partition coefficient (Wildman–Crippen LogP) is 20.1. The molecule has 14 nitrogen and oxygen atoms in total. The van der Waals surface area contributed by atoms with Gasteiger partial charge >= 0.3 is 0 Å². The predicted molar refractivity (Wildman–Crippen MR) is 415 cm³/mol. The minimum absolute atomic E-state index is 0.241. The van der Waals surface area contributed by atoms with E-state index in [1.54, 1.807) is 6.08 Å². The number of hydrogen-bond acceptors (Lipinski definition) is 13. The van der Waals surface area contributed by atoms with Gasteiger partial charge in [0, 0.05) is 6.42 Å². The Hall–Kier alpha value is -2.05. The number of rotatable bonds is 73. The lowest BCUT2D eigenvalue weighted by atomic mass is 9.97. The molecule has 588 valence electrons. The molecule has 0 saturated carbocycles. The van der Waals surface area contributed by atoms with E-state index in [2.05, 4.69) is 55.6 Å². The van der Waals surface area contributed by atoms with Gasteiger partial charge < -0.3 is 65.1 Å². The standard InChI is InChI=1S/C86H161NO13/c1-3-5-7-9-11-13-15-17-19-21-23-25-27-29-30-31-32-33-34-35-36-37-38-39-40-41-42-43-44-46-48-50-52-54-56-58-60-62-64-66-68-70-78(91)87-74(73-97-85-83(96)81(94)84(77(72-89)99-85)100-86-82(95)80(93)79(92)76(71-88)98-86)75(90)69-67-65-63-61-59-57-55-53-51-49-47-45-28-26-24-22-20-18-16-14-12-10-8-6-4-2/h15,17,21,23,59,61,67,69,74-77,79-86,88-90,92-96H,3-14,16,18-20,22,24-58,60,62-66,68,70-73H2,1-2H3,(H,87,91)/b17-15-,23-21-,61-59+,69-67+. The molecule has 2 saturated heterocycles. The zero-order chi connectivity index (χ0) is 72.2. The van der Waals surface area contributed by atoms with E-state index < -0.39 is 86.8 Å². The summed E-state index contributed by atoms with van der Waals surface area (Å²) in [6.07, 6.45) is 78.0. The molecule has 12 atom stereocenters. The third-order valence-corrected chi connectivity index (χ3v) is 21.0. The Balaban J connectivity index is 1.56. The van der Waals surface area contributed by atoms with Crippen molar-refractivity contribution in [1.29, 1.82) is 0 Å². The Bertz CT molecular complexity index is 1870. The van der Waals surface area contributed by atoms with Gasteiger partial charge in [-0.3, -0.25) is 4.79 Å². The Kier molecular flexibility index (Phi) is 65.8. The Morgan fingerprint density at radius 2 is 0.670 bits per heavy atom. The molecule has 2 rings (SSSR count). The maximum Gasteiger partial charge on any atom is 0.220 e. The first-order valence-electron chi connectivity index (χ1n) is 42.9. The summed E-state index contributed by atoms with van der Waals surface area (Å²) in [5.41, 5.74) is 0. The zero-order valence-electron chi connectivity index (χ0n) is 64.7. The van der Waals surface area contributed by atoms with Gasteiger partial charge in [0.1, 0.15) is 48.8 Å². The van der Waals surface area contributed by atoms with E-state index in [0.29, 0.717) is 12.8 Å². The molecule has 2 heterocycles. The Labute approximate surface area is 614 Å². The normalized spacial score (nSPS) is 22.0. The topological polar surface area (TPSA) is 228 Å². The largest absolute Gasteiger partial charge is 0.394 e. The van der Waals surface area contributed by atoms with Crippen molar-refractivity contribution in [1.82, 2.24) is 5.32 Å². The van der Waals surface area contributed by atoms with E-state index in [1.165, 1.54) is 327 Å². The van der Waals surface area contributed by atoms with E-state index >= 15 is 0 Å². The van der Waals surface area contributed by atoms with Crippen LogP contribution in [0.2, 0.25) is 0 Å². The lowest BCUT2D eigenvalue weighted by Gasteiger charge is -2.46. The second-order valence-electron chi connectivity index (χ2n) is 30.3. The molecular formula is C86H161NO13. The van der Waals surface area contributed by atoms with Crippen LogP contribution in [0.25, 0.3) is 0 Å². The van der Waals surface area contributed by atoms with Crippen LogP contribution >= 0.6 is 0 Å². The first-order valence-corrected chi connectivity index (χ1v) is 42.9. The van der Waals surface area contributed by atoms with E-state index in [4.69, 9.17) is 18.9 Å². The van der Waals surface area contributed by atoms with E-state index in [9.17, 15) is 45.6 Å². The first kappa shape index (κ1) is 94.0. The lowest BCUT2D eigenvalue weighted by Crippen LogP contribution is -2.65. The van der Waals surface area contributed by atoms with E-state index in [1.807, 2.05) is 6.08 Å². The van der Waals surface area contributed by atoms with Crippen molar-refractivity contribution in [3.05, 3.63) is 48.6 Å². The number of amides is 1. The first-order chi connectivity index (χ1) is 49.1. The highest BCUT2D eigenvalue weighted by molar-refractivity contribution is 5.76. The number of carbonyl (C=O) groups is 1. The number of nitrogens with one attached hydrogen (secondary N) is 1. The molecule has 0 aromatic heterocycles. The number of aliphatic hydroxyl groups excluding tert-OH is 8. The molecule has 0 bridgehead atoms. The number of hydrogen-bond donors (Lipinski definition) is 9. The van der Waals surface area contributed by atoms with Crippen molar-refractivity contribution in [2.24, 2.45) is 0 Å². The molecule has 12 unspecified atom stereocenters. The minimum atomic E-state index is -1.79. The van der Waals surface area contributed by atoms with Crippen LogP contribution in [-0.4, -0.2) is 140 Å². The maximum absolute atomic E-state index is 13.4. The van der Waals surface area contributed by atoms with E-state index in [0.717, 1.165) is 38.5 Å². The van der Waals surface area contributed by atoms with Crippen LogP contribution in [0.5, 0.6) is 0 Å². The summed E-state index contributed by atoms with van der Waals surface area (Å²) in [4.78, 5) is 13.4. The minimum Gasteiger partial charge on any atom is -0.394 e. The van der Waals surface area contributed by atoms with Gasteiger partial charge in [-0.25, -0.2) is 0 Å². The molecule has 0 aliphatic carbocycles. The molecular weight excluding hydrogens is 1250 g/mol. The molecule has 1 amide bonds. The number of unbranched alkanes of at least 4 members (excludes halogenated alkanes) is 54. The van der Waals surface area contributed by atoms with Gasteiger partial charge in [-0.05, 0) is 64.2 Å². The van der Waals surface area contributed by atoms with Crippen LogP contribution in [0.3, 0.4) is 0 Å². The van der Waals surface area contributed by atoms with Gasteiger partial charge in [-0.1, -0.05) is 377 Å². The Morgan fingerprint density at radius 1 is 0.360 bits per heavy atom. The summed E-state index contributed by atoms with van der Waals surface area (Å²) in [7, 11) is 0. The average Bonchev–Trinajstić information content (AvgIpc) is 0.791. The summed E-state index contributed by atoms with van der Waals surface area (Å²) in [5.74, 6) is -0.241. The highest BCUT2D eigenvalue weighted by Gasteiger charge is 2.51. The molecule has 100 heavy (non-hydrogen) atoms. The molecule has 2 fully saturated rings. The second-order valence-corrected chi connectivity index (χ2v) is 30.3. The van der Waals surface area contributed by atoms with Crippen molar-refractivity contribution in [2.75, 3.05) is 19.8 Å². The van der Waals surface area contributed by atoms with E-state index in [-0.39, 0.29) is 18.9 Å². The van der Waals surface area contributed by atoms with Crippen molar-refractivity contribution in [3.8, 4) is 0 Å². The van der Waals surface area contributed by atoms with Crippen LogP contribution in [0.15, 0.2) is 48.6 Å². The van der Waals surface area contributed by atoms with Crippen LogP contribution in [-0.2, 0) is 23.7 Å². The summed E-state index contributed by atoms with van der Waals surface area (Å²) in [6, 6.07) is -0.932. The number of allylic oxidation sites excluding steroid dienone is 7. The molecule has 2 aliphatic heterocycles. The van der Waals surface area contributed by atoms with Crippen molar-refractivity contribution >= 4 is 5.91 Å². The van der Waals surface area contributed by atoms with Crippen LogP contribution in [0.4, 0.5) is 0 Å². The van der Waals surface area contributed by atoms with Crippen molar-refractivity contribution in [2.45, 2.75) is 473 Å². The second kappa shape index (κ2) is 70.0. The quantitative estimate of drug-likeness (QED) is 0.0204. The average molecular weight is 1420 g/mol. The summed E-state index contributed by atoms with van der Waals surface area (Å²) >= 11 is 0. The smallest absolute Gasteiger partial charge is 0.220 e. The molecule has 2 aliphatic rings. The van der Waals surface area contributed by atoms with Crippen LogP contribution in [0, 0.1) is 0 Å². The lowest BCUT2D eigenvalue weighted by molar-refractivity contribution is -0.359. The third kappa shape index (κ3) is 52.0. The van der Waals surface area contributed by atoms with Gasteiger partial charge in [0.2, 0.25) is 5.91 Å². The number of carbonyl (C=O) groups excluding carboxylic acids is 1. The fraction of sp³-hybridized carbons (Fsp3) is 0.895. The van der Waals surface area contributed by atoms with Crippen molar-refractivity contribution < 1.29 is 64.6 Å². The van der Waals surface area contributed by atoms with Gasteiger partial charge in [0.05, 0.1) is 32.0 Å². The fourth-order valence-corrected chi connectivity index (χ4v) is 14.2. The highest BCUT2D eigenvalue weighted by atomic mass is 16.7. The number of aliphatic hydroxyl groups is 8. The van der Waals surface area contributed by atoms with Gasteiger partial charge in [-0.15, -0.1) is 0 Å². The van der Waals surface area contributed by atoms with Gasteiger partial charge in [0.25, 0.3) is 0 Å². The van der Waals surface area contributed by atoms with Gasteiger partial charge in [0.15, 0.2) is 12.6 Å². The molecule has 0 radical (unpaired) electrons. The monoisotopic (exact) mass is 1420 g/mol.